The second-order valence-corrected chi connectivity index (χ2v) is 9.44. The number of benzene rings is 1. The van der Waals surface area contributed by atoms with Crippen molar-refractivity contribution >= 4 is 28.9 Å². The average Bonchev–Trinajstić information content (AvgIpc) is 3.37. The number of hydrogen-bond donors (Lipinski definition) is 3. The van der Waals surface area contributed by atoms with E-state index in [2.05, 4.69) is 34.4 Å². The molecule has 3 N–H and O–H groups in total. The van der Waals surface area contributed by atoms with E-state index in [0.717, 1.165) is 34.7 Å². The second kappa shape index (κ2) is 7.58. The molecule has 7 heteroatoms. The van der Waals surface area contributed by atoms with Crippen LogP contribution >= 0.6 is 0 Å². The van der Waals surface area contributed by atoms with Gasteiger partial charge < -0.3 is 15.6 Å². The number of hydrogen-bond acceptors (Lipinski definition) is 4. The fraction of sp³-hybridized carbons (Fsp3) is 0.320. The number of anilines is 3. The first-order valence-electron chi connectivity index (χ1n) is 10.8. The maximum absolute atomic E-state index is 13.2. The minimum atomic E-state index is -1.07. The Morgan fingerprint density at radius 1 is 1.19 bits per heavy atom. The van der Waals surface area contributed by atoms with Gasteiger partial charge in [-0.25, -0.2) is 9.37 Å². The van der Waals surface area contributed by atoms with Crippen molar-refractivity contribution < 1.29 is 14.0 Å². The molecule has 2 heterocycles. The summed E-state index contributed by atoms with van der Waals surface area (Å²) in [4.78, 5) is 33.0. The number of rotatable bonds is 5. The molecular formula is C25H25FN4O2. The smallest absolute Gasteiger partial charge is 0.231 e. The normalized spacial score (nSPS) is 21.0. The Hall–Kier alpha value is -3.48. The largest absolute Gasteiger partial charge is 0.356 e. The molecule has 1 fully saturated rings. The van der Waals surface area contributed by atoms with E-state index in [4.69, 9.17) is 0 Å². The van der Waals surface area contributed by atoms with Gasteiger partial charge in [0.1, 0.15) is 12.0 Å². The van der Waals surface area contributed by atoms with E-state index in [1.807, 2.05) is 36.4 Å². The van der Waals surface area contributed by atoms with Crippen molar-refractivity contribution in [2.45, 2.75) is 39.3 Å². The molecule has 0 spiro atoms. The Balaban J connectivity index is 1.55. The van der Waals surface area contributed by atoms with E-state index in [0.29, 0.717) is 17.8 Å². The lowest BCUT2D eigenvalue weighted by atomic mass is 9.76. The Bertz CT molecular complexity index is 1200. The number of pyridine rings is 1. The third-order valence-corrected chi connectivity index (χ3v) is 6.04. The summed E-state index contributed by atoms with van der Waals surface area (Å²) in [6, 6.07) is 13.3. The summed E-state index contributed by atoms with van der Waals surface area (Å²) in [5.41, 5.74) is 4.60. The van der Waals surface area contributed by atoms with Gasteiger partial charge in [0.25, 0.3) is 0 Å². The highest BCUT2D eigenvalue weighted by molar-refractivity contribution is 6.08. The molecule has 0 aliphatic heterocycles. The Morgan fingerprint density at radius 2 is 1.94 bits per heavy atom. The number of halogens is 1. The topological polar surface area (TPSA) is 86.9 Å². The molecule has 5 rings (SSSR count). The molecular weight excluding hydrogens is 407 g/mol. The van der Waals surface area contributed by atoms with Gasteiger partial charge in [-0.2, -0.15) is 0 Å². The summed E-state index contributed by atoms with van der Waals surface area (Å²) >= 11 is 0. The van der Waals surface area contributed by atoms with Crippen LogP contribution in [0.2, 0.25) is 0 Å². The number of ketones is 1. The van der Waals surface area contributed by atoms with Crippen LogP contribution in [-0.4, -0.2) is 27.8 Å². The van der Waals surface area contributed by atoms with Crippen molar-refractivity contribution in [3.63, 3.8) is 0 Å². The van der Waals surface area contributed by atoms with Gasteiger partial charge in [-0.3, -0.25) is 9.59 Å². The quantitative estimate of drug-likeness (QED) is 0.512. The molecule has 1 saturated carbocycles. The molecule has 2 atom stereocenters. The standard InChI is InChI=1S/C25H25FN4O2/c1-25(2)12-18-21(19(31)13-25)23(28-15-6-4-3-5-7-15)22(29-18)14-8-9-27-20(10-14)30-24(32)16-11-17(16)26/h3-10,16-17,28-29H,11-13H2,1-2H3,(H,27,30,32)/t16-,17-/m1/s1. The number of aromatic amines is 1. The Morgan fingerprint density at radius 3 is 2.66 bits per heavy atom. The number of nitrogens with zero attached hydrogens (tertiary/aromatic N) is 1. The van der Waals surface area contributed by atoms with Crippen molar-refractivity contribution in [1.29, 1.82) is 0 Å². The van der Waals surface area contributed by atoms with E-state index >= 15 is 0 Å². The first kappa shape index (κ1) is 20.4. The molecule has 6 nitrogen and oxygen atoms in total. The molecule has 1 aromatic carbocycles. The maximum atomic E-state index is 13.2. The Kier molecular flexibility index (Phi) is 4.84. The molecule has 2 aliphatic rings. The zero-order valence-corrected chi connectivity index (χ0v) is 18.0. The van der Waals surface area contributed by atoms with Gasteiger partial charge in [0.05, 0.1) is 22.9 Å². The first-order chi connectivity index (χ1) is 15.3. The van der Waals surface area contributed by atoms with Gasteiger partial charge in [0, 0.05) is 29.6 Å². The number of fused-ring (bicyclic) bond motifs is 1. The highest BCUT2D eigenvalue weighted by atomic mass is 19.1. The molecule has 164 valence electrons. The molecule has 0 unspecified atom stereocenters. The van der Waals surface area contributed by atoms with Crippen LogP contribution in [-0.2, 0) is 11.2 Å². The summed E-state index contributed by atoms with van der Waals surface area (Å²) in [6.07, 6.45) is 2.03. The number of carbonyl (C=O) groups excluding carboxylic acids is 2. The minimum Gasteiger partial charge on any atom is -0.356 e. The lowest BCUT2D eigenvalue weighted by molar-refractivity contribution is -0.117. The van der Waals surface area contributed by atoms with Crippen LogP contribution in [0.15, 0.2) is 48.7 Å². The highest BCUT2D eigenvalue weighted by Gasteiger charge is 2.43. The molecule has 0 radical (unpaired) electrons. The van der Waals surface area contributed by atoms with Crippen LogP contribution in [0.4, 0.5) is 21.6 Å². The summed E-state index contributed by atoms with van der Waals surface area (Å²) < 4.78 is 13.2. The number of para-hydroxylation sites is 1. The molecule has 32 heavy (non-hydrogen) atoms. The van der Waals surface area contributed by atoms with Crippen molar-refractivity contribution in [3.8, 4) is 11.3 Å². The summed E-state index contributed by atoms with van der Waals surface area (Å²) in [5.74, 6) is -0.486. The first-order valence-corrected chi connectivity index (χ1v) is 10.8. The van der Waals surface area contributed by atoms with Gasteiger partial charge >= 0.3 is 0 Å². The van der Waals surface area contributed by atoms with Crippen LogP contribution in [0.25, 0.3) is 11.3 Å². The molecule has 3 aromatic rings. The lowest BCUT2D eigenvalue weighted by Gasteiger charge is -2.28. The van der Waals surface area contributed by atoms with Crippen LogP contribution in [0.1, 0.15) is 42.7 Å². The highest BCUT2D eigenvalue weighted by Crippen LogP contribution is 2.43. The van der Waals surface area contributed by atoms with E-state index in [1.165, 1.54) is 0 Å². The number of nitrogens with one attached hydrogen (secondary N) is 3. The number of amides is 1. The predicted molar refractivity (Wildman–Crippen MR) is 122 cm³/mol. The molecule has 2 aromatic heterocycles. The predicted octanol–water partition coefficient (Wildman–Crippen LogP) is 5.27. The number of H-pyrrole nitrogens is 1. The van der Waals surface area contributed by atoms with Crippen molar-refractivity contribution in [3.05, 3.63) is 59.9 Å². The summed E-state index contributed by atoms with van der Waals surface area (Å²) in [7, 11) is 0. The van der Waals surface area contributed by atoms with E-state index in [-0.39, 0.29) is 23.5 Å². The number of Topliss-reactive ketones (excluding diaryl/α,β-unsaturated/α-hetero) is 1. The fourth-order valence-corrected chi connectivity index (χ4v) is 4.37. The van der Waals surface area contributed by atoms with Crippen molar-refractivity contribution in [1.82, 2.24) is 9.97 Å². The Labute approximate surface area is 185 Å². The van der Waals surface area contributed by atoms with E-state index in [9.17, 15) is 14.0 Å². The SMILES string of the molecule is CC1(C)CC(=O)c2c([nH]c(-c3ccnc(NC(=O)[C@@H]4C[C@H]4F)c3)c2Nc2ccccc2)C1. The minimum absolute atomic E-state index is 0.0995. The monoisotopic (exact) mass is 432 g/mol. The van der Waals surface area contributed by atoms with Crippen molar-refractivity contribution in [2.24, 2.45) is 11.3 Å². The third-order valence-electron chi connectivity index (χ3n) is 6.04. The molecule has 0 saturated heterocycles. The fourth-order valence-electron chi connectivity index (χ4n) is 4.37. The summed E-state index contributed by atoms with van der Waals surface area (Å²) in [5, 5.41) is 6.13. The summed E-state index contributed by atoms with van der Waals surface area (Å²) in [6.45, 7) is 4.18. The van der Waals surface area contributed by atoms with E-state index < -0.39 is 12.1 Å². The van der Waals surface area contributed by atoms with Gasteiger partial charge in [0.2, 0.25) is 5.91 Å². The molecule has 2 aliphatic carbocycles. The molecule has 1 amide bonds. The van der Waals surface area contributed by atoms with Crippen LogP contribution < -0.4 is 10.6 Å². The van der Waals surface area contributed by atoms with Crippen molar-refractivity contribution in [2.75, 3.05) is 10.6 Å². The number of alkyl halides is 1. The van der Waals surface area contributed by atoms with Crippen LogP contribution in [0.3, 0.4) is 0 Å². The third kappa shape index (κ3) is 3.90. The lowest BCUT2D eigenvalue weighted by Crippen LogP contribution is -2.26. The maximum Gasteiger partial charge on any atom is 0.231 e. The van der Waals surface area contributed by atoms with Gasteiger partial charge in [-0.15, -0.1) is 0 Å². The second-order valence-electron chi connectivity index (χ2n) is 9.44. The number of aromatic nitrogens is 2. The molecule has 0 bridgehead atoms. The zero-order chi connectivity index (χ0) is 22.5. The van der Waals surface area contributed by atoms with Gasteiger partial charge in [0.15, 0.2) is 5.78 Å². The number of carbonyl (C=O) groups is 2. The van der Waals surface area contributed by atoms with Crippen LogP contribution in [0, 0.1) is 11.3 Å². The van der Waals surface area contributed by atoms with E-state index in [1.54, 1.807) is 12.3 Å². The van der Waals surface area contributed by atoms with Crippen LogP contribution in [0.5, 0.6) is 0 Å². The van der Waals surface area contributed by atoms with Gasteiger partial charge in [-0.1, -0.05) is 32.0 Å². The van der Waals surface area contributed by atoms with Gasteiger partial charge in [-0.05, 0) is 42.5 Å². The zero-order valence-electron chi connectivity index (χ0n) is 18.0. The average molecular weight is 432 g/mol.